The molecular weight excluding hydrogens is 361 g/mol. The first kappa shape index (κ1) is 19.9. The van der Waals surface area contributed by atoms with E-state index in [0.717, 1.165) is 0 Å². The van der Waals surface area contributed by atoms with Crippen LogP contribution >= 0.6 is 24.2 Å². The summed E-state index contributed by atoms with van der Waals surface area (Å²) >= 11 is 11.2. The van der Waals surface area contributed by atoms with E-state index in [4.69, 9.17) is 24.2 Å². The zero-order valence-electron chi connectivity index (χ0n) is 15.7. The van der Waals surface area contributed by atoms with Crippen LogP contribution in [-0.4, -0.2) is 13.5 Å². The second-order valence-electron chi connectivity index (χ2n) is 8.65. The maximum absolute atomic E-state index is 5.60. The van der Waals surface area contributed by atoms with Crippen molar-refractivity contribution in [3.63, 3.8) is 0 Å². The Kier molecular flexibility index (Phi) is 5.56. The Labute approximate surface area is 160 Å². The van der Waals surface area contributed by atoms with Crippen molar-refractivity contribution in [1.82, 2.24) is 0 Å². The largest absolute Gasteiger partial charge is 0.197 e. The van der Waals surface area contributed by atoms with Crippen LogP contribution in [0, 0.1) is 0 Å². The molecule has 0 amide bonds. The van der Waals surface area contributed by atoms with Gasteiger partial charge in [0.1, 0.15) is 0 Å². The van der Waals surface area contributed by atoms with Gasteiger partial charge in [-0.3, -0.25) is 0 Å². The first-order chi connectivity index (χ1) is 11.0. The summed E-state index contributed by atoms with van der Waals surface area (Å²) in [6, 6.07) is 21.9. The van der Waals surface area contributed by atoms with Crippen molar-refractivity contribution < 1.29 is 0 Å². The fourth-order valence-electron chi connectivity index (χ4n) is 3.73. The Hall–Kier alpha value is -0.426. The molecule has 2 rings (SSSR count). The Morgan fingerprint density at radius 2 is 0.792 bits per heavy atom. The zero-order valence-corrected chi connectivity index (χ0v) is 19.5. The minimum atomic E-state index is -2.26. The van der Waals surface area contributed by atoms with Gasteiger partial charge in [0.25, 0.3) is 0 Å². The van der Waals surface area contributed by atoms with Crippen molar-refractivity contribution in [1.29, 1.82) is 0 Å². The van der Waals surface area contributed by atoms with E-state index in [9.17, 15) is 0 Å². The molecule has 0 aliphatic rings. The number of hydrogen-bond donors (Lipinski definition) is 2. The molecule has 0 aliphatic carbocycles. The first-order valence-corrected chi connectivity index (χ1v) is 16.1. The highest BCUT2D eigenvalue weighted by Crippen LogP contribution is 2.53. The predicted octanol–water partition coefficient (Wildman–Crippen LogP) is 5.23. The standard InChI is InChI=1S/C20H30S2Si2/c1-19(2,3)23(21,17-13-9-7-10-14-17)24(22,20(4,5)6)18-15-11-8-12-16-18/h7-16,21-22H,1-6H3. The summed E-state index contributed by atoms with van der Waals surface area (Å²) in [7, 11) is 0. The van der Waals surface area contributed by atoms with Crippen LogP contribution in [0.3, 0.4) is 0 Å². The van der Waals surface area contributed by atoms with E-state index in [-0.39, 0.29) is 10.1 Å². The lowest BCUT2D eigenvalue weighted by Crippen LogP contribution is -2.77. The van der Waals surface area contributed by atoms with E-state index in [1.807, 2.05) is 0 Å². The molecule has 0 aliphatic heterocycles. The van der Waals surface area contributed by atoms with Gasteiger partial charge in [-0.25, -0.2) is 0 Å². The average molecular weight is 391 g/mol. The molecule has 0 bridgehead atoms. The summed E-state index contributed by atoms with van der Waals surface area (Å²) < 4.78 is 0. The summed E-state index contributed by atoms with van der Waals surface area (Å²) in [5, 5.41) is 2.99. The SMILES string of the molecule is CC(C)(C)[Si](S)(c1ccccc1)[Si](S)(c1ccccc1)C(C)(C)C. The molecule has 130 valence electrons. The third-order valence-corrected chi connectivity index (χ3v) is 35.4. The molecule has 2 atom stereocenters. The quantitative estimate of drug-likeness (QED) is 0.520. The monoisotopic (exact) mass is 390 g/mol. The van der Waals surface area contributed by atoms with Crippen LogP contribution in [0.25, 0.3) is 0 Å². The molecule has 24 heavy (non-hydrogen) atoms. The lowest BCUT2D eigenvalue weighted by molar-refractivity contribution is 0.724. The number of thiol groups is 2. The van der Waals surface area contributed by atoms with E-state index in [0.29, 0.717) is 0 Å². The van der Waals surface area contributed by atoms with Crippen LogP contribution in [0.15, 0.2) is 60.7 Å². The molecule has 2 aromatic rings. The molecule has 0 saturated heterocycles. The third-order valence-electron chi connectivity index (χ3n) is 5.08. The normalized spacial score (nSPS) is 17.8. The number of hydrogen-bond acceptors (Lipinski definition) is 2. The zero-order chi connectivity index (χ0) is 18.2. The van der Waals surface area contributed by atoms with Crippen molar-refractivity contribution in [2.24, 2.45) is 0 Å². The molecule has 0 saturated carbocycles. The van der Waals surface area contributed by atoms with Crippen LogP contribution in [0.5, 0.6) is 0 Å². The van der Waals surface area contributed by atoms with Gasteiger partial charge in [-0.1, -0.05) is 102 Å². The minimum absolute atomic E-state index is 0.0918. The van der Waals surface area contributed by atoms with Gasteiger partial charge in [0, 0.05) is 0 Å². The Bertz CT molecular complexity index is 613. The summed E-state index contributed by atoms with van der Waals surface area (Å²) in [6.07, 6.45) is 0. The van der Waals surface area contributed by atoms with Gasteiger partial charge in [0.15, 0.2) is 13.5 Å². The second kappa shape index (κ2) is 6.71. The van der Waals surface area contributed by atoms with Gasteiger partial charge in [0.05, 0.1) is 0 Å². The van der Waals surface area contributed by atoms with Crippen molar-refractivity contribution in [3.8, 4) is 0 Å². The van der Waals surface area contributed by atoms with Crippen LogP contribution in [0.4, 0.5) is 0 Å². The molecule has 0 nitrogen and oxygen atoms in total. The average Bonchev–Trinajstić information content (AvgIpc) is 2.52. The predicted molar refractivity (Wildman–Crippen MR) is 121 cm³/mol. The molecular formula is C20H30S2Si2. The van der Waals surface area contributed by atoms with Crippen molar-refractivity contribution in [2.75, 3.05) is 0 Å². The van der Waals surface area contributed by atoms with E-state index >= 15 is 0 Å². The first-order valence-electron chi connectivity index (χ1n) is 8.52. The highest BCUT2D eigenvalue weighted by Gasteiger charge is 2.64. The lowest BCUT2D eigenvalue weighted by atomic mass is 10.2. The maximum Gasteiger partial charge on any atom is 0.157 e. The van der Waals surface area contributed by atoms with E-state index in [2.05, 4.69) is 102 Å². The van der Waals surface area contributed by atoms with Gasteiger partial charge in [-0.15, -0.1) is 0 Å². The molecule has 0 fully saturated rings. The summed E-state index contributed by atoms with van der Waals surface area (Å²) in [5.74, 6) is 0. The molecule has 0 N–H and O–H groups in total. The van der Waals surface area contributed by atoms with Crippen LogP contribution in [0.1, 0.15) is 41.5 Å². The fraction of sp³-hybridized carbons (Fsp3) is 0.400. The molecule has 4 heteroatoms. The molecule has 0 aromatic heterocycles. The second-order valence-corrected chi connectivity index (χ2v) is 26.7. The van der Waals surface area contributed by atoms with Gasteiger partial charge in [0.2, 0.25) is 0 Å². The van der Waals surface area contributed by atoms with Gasteiger partial charge >= 0.3 is 0 Å². The maximum atomic E-state index is 5.60. The van der Waals surface area contributed by atoms with Gasteiger partial charge in [-0.05, 0) is 20.4 Å². The summed E-state index contributed by atoms with van der Waals surface area (Å²) in [4.78, 5) is 0. The van der Waals surface area contributed by atoms with E-state index in [1.165, 1.54) is 10.4 Å². The van der Waals surface area contributed by atoms with Gasteiger partial charge < -0.3 is 0 Å². The smallest absolute Gasteiger partial charge is 0.157 e. The number of rotatable bonds is 3. The Morgan fingerprint density at radius 3 is 1.00 bits per heavy atom. The van der Waals surface area contributed by atoms with E-state index < -0.39 is 13.5 Å². The van der Waals surface area contributed by atoms with Crippen LogP contribution in [0.2, 0.25) is 10.1 Å². The highest BCUT2D eigenvalue weighted by molar-refractivity contribution is 8.41. The molecule has 0 radical (unpaired) electrons. The topological polar surface area (TPSA) is 0 Å². The molecule has 0 spiro atoms. The van der Waals surface area contributed by atoms with Crippen molar-refractivity contribution in [2.45, 2.75) is 51.6 Å². The highest BCUT2D eigenvalue weighted by atomic mass is 32.4. The van der Waals surface area contributed by atoms with Crippen LogP contribution < -0.4 is 10.4 Å². The Balaban J connectivity index is 2.88. The fourth-order valence-corrected chi connectivity index (χ4v) is 29.1. The summed E-state index contributed by atoms with van der Waals surface area (Å²) in [6.45, 7) is 9.60. The third kappa shape index (κ3) is 3.07. The lowest BCUT2D eigenvalue weighted by Gasteiger charge is -2.55. The number of benzene rings is 2. The molecule has 2 aromatic carbocycles. The van der Waals surface area contributed by atoms with Crippen LogP contribution in [-0.2, 0) is 0 Å². The van der Waals surface area contributed by atoms with Crippen molar-refractivity contribution >= 4 is 48.0 Å². The molecule has 2 unspecified atom stereocenters. The summed E-state index contributed by atoms with van der Waals surface area (Å²) in [5.41, 5.74) is 0. The van der Waals surface area contributed by atoms with E-state index in [1.54, 1.807) is 0 Å². The van der Waals surface area contributed by atoms with Crippen molar-refractivity contribution in [3.05, 3.63) is 60.7 Å². The Morgan fingerprint density at radius 1 is 0.542 bits per heavy atom. The molecule has 0 heterocycles. The minimum Gasteiger partial charge on any atom is -0.197 e. The van der Waals surface area contributed by atoms with Gasteiger partial charge in [-0.2, -0.15) is 24.2 Å².